The lowest BCUT2D eigenvalue weighted by atomic mass is 10.2. The van der Waals surface area contributed by atoms with Gasteiger partial charge in [0.15, 0.2) is 0 Å². The number of hydrogen-bond acceptors (Lipinski definition) is 3. The molecule has 0 radical (unpaired) electrons. The monoisotopic (exact) mass is 215 g/mol. The molecule has 1 unspecified atom stereocenters. The van der Waals surface area contributed by atoms with Crippen LogP contribution in [0.3, 0.4) is 0 Å². The minimum absolute atomic E-state index is 0.513. The highest BCUT2D eigenvalue weighted by Gasteiger charge is 2.07. The lowest BCUT2D eigenvalue weighted by molar-refractivity contribution is 0.149. The van der Waals surface area contributed by atoms with Gasteiger partial charge in [0.2, 0.25) is 0 Å². The number of hydrogen-bond donors (Lipinski definition) is 2. The van der Waals surface area contributed by atoms with Gasteiger partial charge in [-0.25, -0.2) is 0 Å². The molecule has 0 aliphatic rings. The second-order valence-electron chi connectivity index (χ2n) is 2.81. The molecule has 1 atom stereocenters. The quantitative estimate of drug-likeness (QED) is 0.755. The fraction of sp³-hybridized carbons (Fsp3) is 0.400. The SMILES string of the molecule is CCOc1ccc(C(O)NC)cc1Cl. The zero-order valence-corrected chi connectivity index (χ0v) is 9.01. The zero-order chi connectivity index (χ0) is 10.6. The van der Waals surface area contributed by atoms with Crippen molar-refractivity contribution in [3.05, 3.63) is 28.8 Å². The molecule has 0 aromatic heterocycles. The van der Waals surface area contributed by atoms with E-state index in [9.17, 15) is 5.11 Å². The molecule has 0 aliphatic heterocycles. The molecule has 0 heterocycles. The van der Waals surface area contributed by atoms with Crippen molar-refractivity contribution in [1.29, 1.82) is 0 Å². The van der Waals surface area contributed by atoms with Crippen molar-refractivity contribution in [2.24, 2.45) is 0 Å². The summed E-state index contributed by atoms with van der Waals surface area (Å²) >= 11 is 5.95. The third-order valence-corrected chi connectivity index (χ3v) is 2.14. The van der Waals surface area contributed by atoms with Crippen LogP contribution in [-0.2, 0) is 0 Å². The first-order chi connectivity index (χ1) is 6.69. The van der Waals surface area contributed by atoms with Crippen LogP contribution in [0.15, 0.2) is 18.2 Å². The summed E-state index contributed by atoms with van der Waals surface area (Å²) in [6, 6.07) is 5.22. The Balaban J connectivity index is 2.88. The van der Waals surface area contributed by atoms with Crippen LogP contribution in [0.25, 0.3) is 0 Å². The number of rotatable bonds is 4. The number of ether oxygens (including phenoxy) is 1. The highest BCUT2D eigenvalue weighted by molar-refractivity contribution is 6.32. The first-order valence-corrected chi connectivity index (χ1v) is 4.84. The maximum atomic E-state index is 9.46. The average molecular weight is 216 g/mol. The average Bonchev–Trinajstić information content (AvgIpc) is 2.20. The van der Waals surface area contributed by atoms with E-state index in [2.05, 4.69) is 5.32 Å². The molecule has 78 valence electrons. The summed E-state index contributed by atoms with van der Waals surface area (Å²) in [5, 5.41) is 12.7. The van der Waals surface area contributed by atoms with E-state index in [1.165, 1.54) is 0 Å². The topological polar surface area (TPSA) is 41.5 Å². The van der Waals surface area contributed by atoms with Crippen LogP contribution in [0.1, 0.15) is 18.7 Å². The molecule has 0 aliphatic carbocycles. The summed E-state index contributed by atoms with van der Waals surface area (Å²) in [4.78, 5) is 0. The third kappa shape index (κ3) is 2.61. The Bertz CT molecular complexity index is 304. The Morgan fingerprint density at radius 1 is 1.57 bits per heavy atom. The number of aliphatic hydroxyl groups excluding tert-OH is 1. The van der Waals surface area contributed by atoms with Gasteiger partial charge in [0.05, 0.1) is 11.6 Å². The minimum atomic E-state index is -0.692. The molecule has 3 nitrogen and oxygen atoms in total. The van der Waals surface area contributed by atoms with Crippen LogP contribution in [0.5, 0.6) is 5.75 Å². The van der Waals surface area contributed by atoms with Gasteiger partial charge in [-0.15, -0.1) is 0 Å². The lowest BCUT2D eigenvalue weighted by Crippen LogP contribution is -2.15. The normalized spacial score (nSPS) is 12.6. The Kier molecular flexibility index (Phi) is 4.20. The Morgan fingerprint density at radius 2 is 2.29 bits per heavy atom. The summed E-state index contributed by atoms with van der Waals surface area (Å²) in [6.07, 6.45) is -0.692. The van der Waals surface area contributed by atoms with Gasteiger partial charge in [0, 0.05) is 0 Å². The van der Waals surface area contributed by atoms with Gasteiger partial charge in [0.25, 0.3) is 0 Å². The number of halogens is 1. The molecular weight excluding hydrogens is 202 g/mol. The molecule has 0 saturated carbocycles. The van der Waals surface area contributed by atoms with E-state index in [0.717, 1.165) is 5.56 Å². The van der Waals surface area contributed by atoms with E-state index in [1.807, 2.05) is 6.92 Å². The van der Waals surface area contributed by atoms with Crippen LogP contribution >= 0.6 is 11.6 Å². The summed E-state index contributed by atoms with van der Waals surface area (Å²) in [7, 11) is 1.68. The van der Waals surface area contributed by atoms with Gasteiger partial charge < -0.3 is 9.84 Å². The summed E-state index contributed by atoms with van der Waals surface area (Å²) in [6.45, 7) is 2.47. The van der Waals surface area contributed by atoms with E-state index >= 15 is 0 Å². The fourth-order valence-electron chi connectivity index (χ4n) is 1.13. The Hall–Kier alpha value is -0.770. The van der Waals surface area contributed by atoms with Gasteiger partial charge in [-0.2, -0.15) is 0 Å². The first-order valence-electron chi connectivity index (χ1n) is 4.46. The van der Waals surface area contributed by atoms with Crippen LogP contribution in [0, 0.1) is 0 Å². The fourth-order valence-corrected chi connectivity index (χ4v) is 1.37. The standard InChI is InChI=1S/C10H14ClNO2/c1-3-14-9-5-4-7(6-8(9)11)10(13)12-2/h4-6,10,12-13H,3H2,1-2H3. The van der Waals surface area contributed by atoms with Crippen LogP contribution in [0.2, 0.25) is 5.02 Å². The van der Waals surface area contributed by atoms with Crippen molar-refractivity contribution in [2.75, 3.05) is 13.7 Å². The summed E-state index contributed by atoms with van der Waals surface area (Å²) in [5.41, 5.74) is 0.723. The van der Waals surface area contributed by atoms with Gasteiger partial charge in [0.1, 0.15) is 12.0 Å². The maximum absolute atomic E-state index is 9.46. The predicted octanol–water partition coefficient (Wildman–Crippen LogP) is 1.95. The molecule has 0 fully saturated rings. The molecule has 14 heavy (non-hydrogen) atoms. The molecule has 0 bridgehead atoms. The smallest absolute Gasteiger partial charge is 0.137 e. The van der Waals surface area contributed by atoms with Crippen LogP contribution in [0.4, 0.5) is 0 Å². The van der Waals surface area contributed by atoms with Crippen molar-refractivity contribution in [3.63, 3.8) is 0 Å². The summed E-state index contributed by atoms with van der Waals surface area (Å²) in [5.74, 6) is 0.640. The van der Waals surface area contributed by atoms with Crippen molar-refractivity contribution in [3.8, 4) is 5.75 Å². The maximum Gasteiger partial charge on any atom is 0.137 e. The van der Waals surface area contributed by atoms with Gasteiger partial charge in [-0.05, 0) is 31.7 Å². The number of benzene rings is 1. The molecule has 0 amide bonds. The van der Waals surface area contributed by atoms with Gasteiger partial charge >= 0.3 is 0 Å². The summed E-state index contributed by atoms with van der Waals surface area (Å²) < 4.78 is 5.27. The molecule has 0 spiro atoms. The molecule has 4 heteroatoms. The molecule has 0 saturated heterocycles. The number of aliphatic hydroxyl groups is 1. The molecule has 2 N–H and O–H groups in total. The van der Waals surface area contributed by atoms with Crippen molar-refractivity contribution < 1.29 is 9.84 Å². The van der Waals surface area contributed by atoms with E-state index in [1.54, 1.807) is 25.2 Å². The Labute approximate surface area is 88.7 Å². The second-order valence-corrected chi connectivity index (χ2v) is 3.22. The minimum Gasteiger partial charge on any atom is -0.492 e. The van der Waals surface area contributed by atoms with E-state index in [0.29, 0.717) is 17.4 Å². The molecule has 1 aromatic carbocycles. The van der Waals surface area contributed by atoms with Crippen LogP contribution in [-0.4, -0.2) is 18.8 Å². The second kappa shape index (κ2) is 5.20. The Morgan fingerprint density at radius 3 is 2.79 bits per heavy atom. The highest BCUT2D eigenvalue weighted by Crippen LogP contribution is 2.27. The molecular formula is C10H14ClNO2. The lowest BCUT2D eigenvalue weighted by Gasteiger charge is -2.11. The predicted molar refractivity (Wildman–Crippen MR) is 56.6 cm³/mol. The number of nitrogens with one attached hydrogen (secondary N) is 1. The molecule has 1 aromatic rings. The highest BCUT2D eigenvalue weighted by atomic mass is 35.5. The van der Waals surface area contributed by atoms with Gasteiger partial charge in [-0.1, -0.05) is 17.7 Å². The van der Waals surface area contributed by atoms with Crippen molar-refractivity contribution >= 4 is 11.6 Å². The zero-order valence-electron chi connectivity index (χ0n) is 8.25. The van der Waals surface area contributed by atoms with E-state index < -0.39 is 6.23 Å². The van der Waals surface area contributed by atoms with E-state index in [-0.39, 0.29) is 0 Å². The van der Waals surface area contributed by atoms with Crippen LogP contribution < -0.4 is 10.1 Å². The van der Waals surface area contributed by atoms with Crippen molar-refractivity contribution in [2.45, 2.75) is 13.2 Å². The van der Waals surface area contributed by atoms with Gasteiger partial charge in [-0.3, -0.25) is 5.32 Å². The largest absolute Gasteiger partial charge is 0.492 e. The first kappa shape index (κ1) is 11.3. The van der Waals surface area contributed by atoms with E-state index in [4.69, 9.17) is 16.3 Å². The van der Waals surface area contributed by atoms with Crippen molar-refractivity contribution in [1.82, 2.24) is 5.32 Å². The third-order valence-electron chi connectivity index (χ3n) is 1.84. The molecule has 1 rings (SSSR count).